The van der Waals surface area contributed by atoms with Crippen molar-refractivity contribution < 1.29 is 0 Å². The Morgan fingerprint density at radius 2 is 1.06 bits per heavy atom. The van der Waals surface area contributed by atoms with E-state index in [0.717, 1.165) is 10.6 Å². The Labute approximate surface area is 186 Å². The highest BCUT2D eigenvalue weighted by Crippen LogP contribution is 2.39. The molecule has 0 spiro atoms. The molecule has 0 nitrogen and oxygen atoms in total. The molecule has 31 heavy (non-hydrogen) atoms. The third-order valence-electron chi connectivity index (χ3n) is 6.12. The molecule has 0 unspecified atom stereocenters. The molecule has 6 aromatic carbocycles. The Kier molecular flexibility index (Phi) is 4.26. The van der Waals surface area contributed by atoms with E-state index in [1.807, 2.05) is 18.2 Å². The topological polar surface area (TPSA) is 0 Å². The van der Waals surface area contributed by atoms with Crippen molar-refractivity contribution in [3.05, 3.63) is 120 Å². The van der Waals surface area contributed by atoms with Crippen molar-refractivity contribution in [2.24, 2.45) is 0 Å². The molecule has 1 heteroatoms. The van der Waals surface area contributed by atoms with Gasteiger partial charge in [0.1, 0.15) is 0 Å². The van der Waals surface area contributed by atoms with Gasteiger partial charge in [-0.1, -0.05) is 109 Å². The second kappa shape index (κ2) is 7.27. The summed E-state index contributed by atoms with van der Waals surface area (Å²) < 4.78 is 0. The van der Waals surface area contributed by atoms with Crippen LogP contribution in [-0.4, -0.2) is 0 Å². The Bertz CT molecular complexity index is 1590. The summed E-state index contributed by atoms with van der Waals surface area (Å²) in [6.45, 7) is 0. The predicted molar refractivity (Wildman–Crippen MR) is 135 cm³/mol. The van der Waals surface area contributed by atoms with Gasteiger partial charge in [-0.2, -0.15) is 0 Å². The van der Waals surface area contributed by atoms with Gasteiger partial charge in [0.2, 0.25) is 0 Å². The van der Waals surface area contributed by atoms with Gasteiger partial charge in [-0.05, 0) is 67.2 Å². The molecular formula is C30H19Cl. The fraction of sp³-hybridized carbons (Fsp3) is 0. The largest absolute Gasteiger partial charge is 0.0837 e. The van der Waals surface area contributed by atoms with Crippen molar-refractivity contribution in [2.45, 2.75) is 0 Å². The summed E-state index contributed by atoms with van der Waals surface area (Å²) in [5, 5.41) is 8.26. The molecule has 6 aromatic rings. The van der Waals surface area contributed by atoms with Gasteiger partial charge in [0.05, 0.1) is 0 Å². The van der Waals surface area contributed by atoms with Crippen LogP contribution in [0.25, 0.3) is 54.6 Å². The summed E-state index contributed by atoms with van der Waals surface area (Å²) in [6, 6.07) is 40.9. The van der Waals surface area contributed by atoms with Gasteiger partial charge in [-0.3, -0.25) is 0 Å². The lowest BCUT2D eigenvalue weighted by atomic mass is 9.91. The lowest BCUT2D eigenvalue weighted by Gasteiger charge is -2.14. The second-order valence-electron chi connectivity index (χ2n) is 7.91. The molecule has 0 aliphatic heterocycles. The maximum absolute atomic E-state index is 6.60. The summed E-state index contributed by atoms with van der Waals surface area (Å²) in [6.07, 6.45) is 0. The zero-order valence-electron chi connectivity index (χ0n) is 16.8. The van der Waals surface area contributed by atoms with Crippen molar-refractivity contribution in [2.75, 3.05) is 0 Å². The van der Waals surface area contributed by atoms with Crippen LogP contribution < -0.4 is 0 Å². The minimum atomic E-state index is 0.775. The highest BCUT2D eigenvalue weighted by atomic mass is 35.5. The zero-order chi connectivity index (χ0) is 20.8. The van der Waals surface area contributed by atoms with Crippen LogP contribution in [0.4, 0.5) is 0 Å². The molecule has 0 fully saturated rings. The summed E-state index contributed by atoms with van der Waals surface area (Å²) in [5.41, 5.74) is 4.72. The summed E-state index contributed by atoms with van der Waals surface area (Å²) >= 11 is 6.60. The minimum Gasteiger partial charge on any atom is -0.0837 e. The maximum atomic E-state index is 6.60. The van der Waals surface area contributed by atoms with Gasteiger partial charge >= 0.3 is 0 Å². The lowest BCUT2D eigenvalue weighted by Crippen LogP contribution is -1.87. The van der Waals surface area contributed by atoms with Crippen LogP contribution in [0, 0.1) is 0 Å². The zero-order valence-corrected chi connectivity index (χ0v) is 17.6. The van der Waals surface area contributed by atoms with Crippen LogP contribution in [0.2, 0.25) is 5.02 Å². The van der Waals surface area contributed by atoms with Crippen molar-refractivity contribution in [3.63, 3.8) is 0 Å². The average molecular weight is 415 g/mol. The van der Waals surface area contributed by atoms with E-state index >= 15 is 0 Å². The molecule has 146 valence electrons. The second-order valence-corrected chi connectivity index (χ2v) is 8.32. The van der Waals surface area contributed by atoms with Gasteiger partial charge in [-0.15, -0.1) is 0 Å². The summed E-state index contributed by atoms with van der Waals surface area (Å²) in [5.74, 6) is 0. The number of benzene rings is 6. The lowest BCUT2D eigenvalue weighted by molar-refractivity contribution is 1.65. The number of hydrogen-bond acceptors (Lipinski definition) is 0. The minimum absolute atomic E-state index is 0.775. The number of hydrogen-bond donors (Lipinski definition) is 0. The molecule has 0 N–H and O–H groups in total. The molecule has 0 radical (unpaired) electrons. The molecule has 0 aliphatic rings. The Balaban J connectivity index is 1.67. The Hall–Kier alpha value is -3.61. The smallest absolute Gasteiger partial charge is 0.0484 e. The third-order valence-corrected chi connectivity index (χ3v) is 6.45. The fourth-order valence-electron chi connectivity index (χ4n) is 4.66. The van der Waals surface area contributed by atoms with E-state index < -0.39 is 0 Å². The van der Waals surface area contributed by atoms with Crippen LogP contribution in [0.1, 0.15) is 0 Å². The van der Waals surface area contributed by atoms with Crippen LogP contribution >= 0.6 is 11.6 Å². The molecule has 0 atom stereocenters. The molecule has 0 heterocycles. The first kappa shape index (κ1) is 18.2. The number of fused-ring (bicyclic) bond motifs is 4. The van der Waals surface area contributed by atoms with E-state index in [1.54, 1.807) is 0 Å². The number of halogens is 1. The average Bonchev–Trinajstić information content (AvgIpc) is 2.83. The fourth-order valence-corrected chi connectivity index (χ4v) is 4.90. The normalized spacial score (nSPS) is 11.4. The first-order valence-electron chi connectivity index (χ1n) is 10.5. The first-order valence-corrected chi connectivity index (χ1v) is 10.9. The molecule has 0 saturated carbocycles. The number of rotatable bonds is 2. The molecular weight excluding hydrogens is 396 g/mol. The Morgan fingerprint density at radius 3 is 1.94 bits per heavy atom. The van der Waals surface area contributed by atoms with Crippen LogP contribution in [-0.2, 0) is 0 Å². The van der Waals surface area contributed by atoms with E-state index in [4.69, 9.17) is 11.6 Å². The van der Waals surface area contributed by atoms with Crippen LogP contribution in [0.3, 0.4) is 0 Å². The van der Waals surface area contributed by atoms with Crippen LogP contribution in [0.15, 0.2) is 115 Å². The monoisotopic (exact) mass is 414 g/mol. The summed E-state index contributed by atoms with van der Waals surface area (Å²) in [4.78, 5) is 0. The SMILES string of the molecule is Clc1ccccc1-c1cc2cc(-c3cccc4ccccc34)ccc2c2ccccc12. The van der Waals surface area contributed by atoms with E-state index in [1.165, 1.54) is 49.0 Å². The van der Waals surface area contributed by atoms with Gasteiger partial charge in [-0.25, -0.2) is 0 Å². The van der Waals surface area contributed by atoms with Gasteiger partial charge in [0.15, 0.2) is 0 Å². The predicted octanol–water partition coefficient (Wildman–Crippen LogP) is 9.13. The Morgan fingerprint density at radius 1 is 0.387 bits per heavy atom. The quantitative estimate of drug-likeness (QED) is 0.248. The van der Waals surface area contributed by atoms with E-state index in [9.17, 15) is 0 Å². The molecule has 0 bridgehead atoms. The van der Waals surface area contributed by atoms with Crippen molar-refractivity contribution in [3.8, 4) is 22.3 Å². The molecule has 0 saturated heterocycles. The molecule has 0 aromatic heterocycles. The van der Waals surface area contributed by atoms with Crippen molar-refractivity contribution in [1.29, 1.82) is 0 Å². The van der Waals surface area contributed by atoms with E-state index in [-0.39, 0.29) is 0 Å². The van der Waals surface area contributed by atoms with E-state index in [2.05, 4.69) is 97.1 Å². The van der Waals surface area contributed by atoms with Crippen molar-refractivity contribution in [1.82, 2.24) is 0 Å². The van der Waals surface area contributed by atoms with Crippen LogP contribution in [0.5, 0.6) is 0 Å². The molecule has 0 aliphatic carbocycles. The molecule has 0 amide bonds. The molecule has 6 rings (SSSR count). The highest BCUT2D eigenvalue weighted by Gasteiger charge is 2.12. The van der Waals surface area contributed by atoms with Crippen molar-refractivity contribution >= 4 is 43.9 Å². The highest BCUT2D eigenvalue weighted by molar-refractivity contribution is 6.34. The van der Waals surface area contributed by atoms with Gasteiger partial charge in [0.25, 0.3) is 0 Å². The first-order chi connectivity index (χ1) is 15.3. The third kappa shape index (κ3) is 3.00. The standard InChI is InChI=1S/C30H19Cl/c31-30-15-6-5-13-28(30)29-19-22-18-21(16-17-25(22)26-11-3-4-12-27(26)29)24-14-7-9-20-8-1-2-10-23(20)24/h1-19H. The van der Waals surface area contributed by atoms with Gasteiger partial charge < -0.3 is 0 Å². The van der Waals surface area contributed by atoms with Gasteiger partial charge in [0, 0.05) is 10.6 Å². The summed E-state index contributed by atoms with van der Waals surface area (Å²) in [7, 11) is 0. The maximum Gasteiger partial charge on any atom is 0.0484 e. The van der Waals surface area contributed by atoms with E-state index in [0.29, 0.717) is 0 Å².